The summed E-state index contributed by atoms with van der Waals surface area (Å²) in [5.41, 5.74) is 2.19. The van der Waals surface area contributed by atoms with Crippen molar-refractivity contribution < 1.29 is 14.0 Å². The third-order valence-corrected chi connectivity index (χ3v) is 4.71. The number of ether oxygens (including phenoxy) is 2. The lowest BCUT2D eigenvalue weighted by Gasteiger charge is -2.33. The van der Waals surface area contributed by atoms with Crippen LogP contribution >= 0.6 is 0 Å². The zero-order valence-corrected chi connectivity index (χ0v) is 14.0. The third-order valence-electron chi connectivity index (χ3n) is 4.71. The number of hydrogen-bond acceptors (Lipinski definition) is 6. The van der Waals surface area contributed by atoms with Gasteiger partial charge in [-0.15, -0.1) is 0 Å². The van der Waals surface area contributed by atoms with Gasteiger partial charge in [0.15, 0.2) is 0 Å². The Bertz CT molecular complexity index is 701. The molecule has 2 aromatic rings. The van der Waals surface area contributed by atoms with Crippen molar-refractivity contribution in [3.8, 4) is 17.1 Å². The molecule has 1 aromatic carbocycles. The minimum atomic E-state index is 0.0595. The number of hydrogen-bond donors (Lipinski definition) is 0. The number of benzene rings is 1. The Morgan fingerprint density at radius 3 is 3.17 bits per heavy atom. The summed E-state index contributed by atoms with van der Waals surface area (Å²) in [5.74, 6) is 2.26. The summed E-state index contributed by atoms with van der Waals surface area (Å²) in [6.07, 6.45) is 3.29. The normalized spacial score (nSPS) is 20.8. The van der Waals surface area contributed by atoms with Crippen molar-refractivity contribution in [2.24, 2.45) is 0 Å². The lowest BCUT2D eigenvalue weighted by atomic mass is 10.1. The number of unbranched alkanes of at least 4 members (excludes halogenated alkanes) is 1. The van der Waals surface area contributed by atoms with E-state index < -0.39 is 0 Å². The zero-order chi connectivity index (χ0) is 16.4. The quantitative estimate of drug-likeness (QED) is 0.840. The van der Waals surface area contributed by atoms with Gasteiger partial charge in [-0.25, -0.2) is 0 Å². The monoisotopic (exact) mass is 329 g/mol. The molecule has 2 aliphatic rings. The first-order valence-electron chi connectivity index (χ1n) is 8.76. The zero-order valence-electron chi connectivity index (χ0n) is 14.0. The topological polar surface area (TPSA) is 60.6 Å². The van der Waals surface area contributed by atoms with Crippen molar-refractivity contribution in [2.45, 2.75) is 32.2 Å². The Morgan fingerprint density at radius 1 is 1.29 bits per heavy atom. The predicted octanol–water partition coefficient (Wildman–Crippen LogP) is 2.84. The van der Waals surface area contributed by atoms with Crippen LogP contribution in [0.4, 0.5) is 0 Å². The molecule has 1 fully saturated rings. The molecule has 3 heterocycles. The maximum atomic E-state index is 5.64. The van der Waals surface area contributed by atoms with Gasteiger partial charge in [0.25, 0.3) is 0 Å². The van der Waals surface area contributed by atoms with Crippen LogP contribution in [0, 0.1) is 0 Å². The summed E-state index contributed by atoms with van der Waals surface area (Å²) in [6.45, 7) is 6.30. The molecule has 6 nitrogen and oxygen atoms in total. The minimum Gasteiger partial charge on any atom is -0.493 e. The standard InChI is InChI=1S/C18H23N3O3/c1-2-3-7-21-8-10-22-12-15(21)18-19-17(20-24-18)14-4-5-16-13(11-14)6-9-23-16/h4-5,11,15H,2-3,6-10,12H2,1H3/t15-/m0/s1. The lowest BCUT2D eigenvalue weighted by molar-refractivity contribution is -0.0203. The Morgan fingerprint density at radius 2 is 2.25 bits per heavy atom. The van der Waals surface area contributed by atoms with E-state index in [2.05, 4.69) is 28.0 Å². The Hall–Kier alpha value is -1.92. The molecular formula is C18H23N3O3. The minimum absolute atomic E-state index is 0.0595. The van der Waals surface area contributed by atoms with E-state index in [0.29, 0.717) is 18.3 Å². The fourth-order valence-corrected chi connectivity index (χ4v) is 3.31. The molecule has 0 radical (unpaired) electrons. The third kappa shape index (κ3) is 3.03. The highest BCUT2D eigenvalue weighted by Gasteiger charge is 2.29. The van der Waals surface area contributed by atoms with Gasteiger partial charge in [-0.05, 0) is 36.7 Å². The average molecular weight is 329 g/mol. The first-order chi connectivity index (χ1) is 11.8. The molecule has 0 N–H and O–H groups in total. The van der Waals surface area contributed by atoms with Gasteiger partial charge in [0, 0.05) is 18.5 Å². The van der Waals surface area contributed by atoms with E-state index in [1.807, 2.05) is 12.1 Å². The van der Waals surface area contributed by atoms with Crippen LogP contribution in [-0.4, -0.2) is 48.0 Å². The smallest absolute Gasteiger partial charge is 0.246 e. The fourth-order valence-electron chi connectivity index (χ4n) is 3.31. The highest BCUT2D eigenvalue weighted by atomic mass is 16.5. The SMILES string of the molecule is CCCCN1CCOC[C@H]1c1nc(-c2ccc3c(c2)CCO3)no1. The number of aromatic nitrogens is 2. The van der Waals surface area contributed by atoms with Gasteiger partial charge >= 0.3 is 0 Å². The second kappa shape index (κ2) is 6.91. The van der Waals surface area contributed by atoms with E-state index in [4.69, 9.17) is 14.0 Å². The van der Waals surface area contributed by atoms with Crippen molar-refractivity contribution in [1.29, 1.82) is 0 Å². The largest absolute Gasteiger partial charge is 0.493 e. The highest BCUT2D eigenvalue weighted by molar-refractivity contribution is 5.59. The van der Waals surface area contributed by atoms with Crippen LogP contribution in [0.25, 0.3) is 11.4 Å². The molecule has 1 aromatic heterocycles. The second-order valence-corrected chi connectivity index (χ2v) is 6.36. The molecule has 1 atom stereocenters. The molecule has 128 valence electrons. The van der Waals surface area contributed by atoms with Crippen molar-refractivity contribution in [3.63, 3.8) is 0 Å². The molecule has 4 rings (SSSR count). The number of morpholine rings is 1. The van der Waals surface area contributed by atoms with Crippen LogP contribution in [0.5, 0.6) is 5.75 Å². The summed E-state index contributed by atoms with van der Waals surface area (Å²) in [6, 6.07) is 6.14. The van der Waals surface area contributed by atoms with Crippen LogP contribution in [0.3, 0.4) is 0 Å². The van der Waals surface area contributed by atoms with Crippen molar-refractivity contribution in [3.05, 3.63) is 29.7 Å². The van der Waals surface area contributed by atoms with Crippen LogP contribution < -0.4 is 4.74 Å². The maximum absolute atomic E-state index is 5.64. The highest BCUT2D eigenvalue weighted by Crippen LogP contribution is 2.30. The molecule has 0 bridgehead atoms. The van der Waals surface area contributed by atoms with Crippen molar-refractivity contribution >= 4 is 0 Å². The van der Waals surface area contributed by atoms with Gasteiger partial charge in [0.1, 0.15) is 11.8 Å². The Kier molecular flexibility index (Phi) is 4.49. The van der Waals surface area contributed by atoms with E-state index in [-0.39, 0.29) is 6.04 Å². The van der Waals surface area contributed by atoms with E-state index in [1.165, 1.54) is 18.4 Å². The summed E-state index contributed by atoms with van der Waals surface area (Å²) >= 11 is 0. The van der Waals surface area contributed by atoms with Gasteiger partial charge in [-0.3, -0.25) is 4.90 Å². The first-order valence-corrected chi connectivity index (χ1v) is 8.76. The Balaban J connectivity index is 1.55. The molecule has 0 amide bonds. The van der Waals surface area contributed by atoms with E-state index >= 15 is 0 Å². The fraction of sp³-hybridized carbons (Fsp3) is 0.556. The number of fused-ring (bicyclic) bond motifs is 1. The molecule has 2 aliphatic heterocycles. The van der Waals surface area contributed by atoms with Gasteiger partial charge in [-0.1, -0.05) is 18.5 Å². The molecule has 0 saturated carbocycles. The van der Waals surface area contributed by atoms with Crippen LogP contribution in [0.2, 0.25) is 0 Å². The second-order valence-electron chi connectivity index (χ2n) is 6.36. The van der Waals surface area contributed by atoms with Gasteiger partial charge in [0.2, 0.25) is 11.7 Å². The summed E-state index contributed by atoms with van der Waals surface area (Å²) in [4.78, 5) is 7.04. The maximum Gasteiger partial charge on any atom is 0.246 e. The summed E-state index contributed by atoms with van der Waals surface area (Å²) in [5, 5.41) is 4.19. The predicted molar refractivity (Wildman–Crippen MR) is 89.0 cm³/mol. The van der Waals surface area contributed by atoms with Gasteiger partial charge in [-0.2, -0.15) is 4.98 Å². The molecule has 24 heavy (non-hydrogen) atoms. The molecule has 0 unspecified atom stereocenters. The van der Waals surface area contributed by atoms with Crippen molar-refractivity contribution in [1.82, 2.24) is 15.0 Å². The molecule has 6 heteroatoms. The van der Waals surface area contributed by atoms with E-state index in [1.54, 1.807) is 0 Å². The molecule has 0 aliphatic carbocycles. The molecule has 1 saturated heterocycles. The molecular weight excluding hydrogens is 306 g/mol. The van der Waals surface area contributed by atoms with E-state index in [9.17, 15) is 0 Å². The number of rotatable bonds is 5. The Labute approximate surface area is 141 Å². The summed E-state index contributed by atoms with van der Waals surface area (Å²) in [7, 11) is 0. The lowest BCUT2D eigenvalue weighted by Crippen LogP contribution is -2.40. The van der Waals surface area contributed by atoms with Gasteiger partial charge < -0.3 is 14.0 Å². The van der Waals surface area contributed by atoms with Crippen molar-refractivity contribution in [2.75, 3.05) is 32.9 Å². The summed E-state index contributed by atoms with van der Waals surface area (Å²) < 4.78 is 16.8. The van der Waals surface area contributed by atoms with Crippen LogP contribution in [-0.2, 0) is 11.2 Å². The number of nitrogens with zero attached hydrogens (tertiary/aromatic N) is 3. The first kappa shape index (κ1) is 15.6. The van der Waals surface area contributed by atoms with Crippen LogP contribution in [0.1, 0.15) is 37.3 Å². The molecule has 0 spiro atoms. The average Bonchev–Trinajstić information content (AvgIpc) is 3.28. The van der Waals surface area contributed by atoms with Gasteiger partial charge in [0.05, 0.1) is 19.8 Å². The van der Waals surface area contributed by atoms with E-state index in [0.717, 1.165) is 44.0 Å². The van der Waals surface area contributed by atoms with Crippen LogP contribution in [0.15, 0.2) is 22.7 Å².